The smallest absolute Gasteiger partial charge is 0.251 e. The van der Waals surface area contributed by atoms with Crippen LogP contribution in [0.5, 0.6) is 0 Å². The van der Waals surface area contributed by atoms with Crippen LogP contribution in [-0.2, 0) is 27.2 Å². The number of amides is 2. The maximum absolute atomic E-state index is 12.8. The third-order valence-corrected chi connectivity index (χ3v) is 7.76. The summed E-state index contributed by atoms with van der Waals surface area (Å²) in [4.78, 5) is 41.9. The number of hydrogen-bond donors (Lipinski definition) is 5. The monoisotopic (exact) mass is 641 g/mol. The number of nitrogens with one attached hydrogen (secondary N) is 4. The summed E-state index contributed by atoms with van der Waals surface area (Å²) in [7, 11) is 4.02. The van der Waals surface area contributed by atoms with Crippen molar-refractivity contribution < 1.29 is 19.1 Å². The van der Waals surface area contributed by atoms with E-state index < -0.39 is 0 Å². The molecule has 11 heteroatoms. The molecule has 4 rings (SSSR count). The number of aromatic nitrogens is 1. The fraction of sp³-hybridized carbons (Fsp3) is 0.361. The summed E-state index contributed by atoms with van der Waals surface area (Å²) < 4.78 is 5.64. The fourth-order valence-electron chi connectivity index (χ4n) is 5.09. The van der Waals surface area contributed by atoms with Crippen molar-refractivity contribution >= 4 is 41.9 Å². The molecule has 0 radical (unpaired) electrons. The molecule has 1 aliphatic carbocycles. The number of fused-ring (bicyclic) bond motifs is 1. The number of pyridine rings is 1. The Morgan fingerprint density at radius 1 is 1.11 bits per heavy atom. The zero-order valence-corrected chi connectivity index (χ0v) is 27.8. The molecule has 0 saturated heterocycles. The third-order valence-electron chi connectivity index (χ3n) is 7.76. The van der Waals surface area contributed by atoms with Gasteiger partial charge in [0.1, 0.15) is 12.1 Å². The van der Waals surface area contributed by atoms with Crippen molar-refractivity contribution in [2.24, 2.45) is 5.92 Å². The Balaban J connectivity index is 0.000000461. The molecule has 250 valence electrons. The summed E-state index contributed by atoms with van der Waals surface area (Å²) in [6, 6.07) is 13.0. The van der Waals surface area contributed by atoms with Crippen LogP contribution in [0, 0.1) is 25.2 Å². The average molecular weight is 642 g/mol. The van der Waals surface area contributed by atoms with E-state index in [4.69, 9.17) is 15.9 Å². The zero-order valence-electron chi connectivity index (χ0n) is 27.8. The molecule has 6 N–H and O–H groups in total. The van der Waals surface area contributed by atoms with E-state index in [1.165, 1.54) is 6.21 Å². The number of benzene rings is 2. The average Bonchev–Trinajstić information content (AvgIpc) is 3.51. The molecular weight excluding hydrogens is 594 g/mol. The number of aryl methyl sites for hydroxylation is 2. The molecule has 0 bridgehead atoms. The molecule has 1 aliphatic rings. The highest BCUT2D eigenvalue weighted by Gasteiger charge is 2.28. The lowest BCUT2D eigenvalue weighted by Gasteiger charge is -2.15. The second kappa shape index (κ2) is 19.1. The minimum atomic E-state index is -0.296. The van der Waals surface area contributed by atoms with Gasteiger partial charge in [0.05, 0.1) is 19.8 Å². The fourth-order valence-corrected chi connectivity index (χ4v) is 5.09. The Bertz CT molecular complexity index is 1540. The van der Waals surface area contributed by atoms with Gasteiger partial charge in [-0.05, 0) is 93.4 Å². The van der Waals surface area contributed by atoms with E-state index in [2.05, 4.69) is 32.9 Å². The van der Waals surface area contributed by atoms with Gasteiger partial charge in [0.15, 0.2) is 0 Å². The van der Waals surface area contributed by atoms with Gasteiger partial charge in [-0.15, -0.1) is 0 Å². The van der Waals surface area contributed by atoms with Crippen LogP contribution in [0.15, 0.2) is 54.7 Å². The van der Waals surface area contributed by atoms with E-state index in [1.54, 1.807) is 24.4 Å². The molecule has 0 spiro atoms. The summed E-state index contributed by atoms with van der Waals surface area (Å²) in [5.74, 6) is -0.107. The number of ether oxygens (including phenoxy) is 1. The van der Waals surface area contributed by atoms with Crippen molar-refractivity contribution in [2.75, 3.05) is 64.5 Å². The van der Waals surface area contributed by atoms with Gasteiger partial charge in [-0.1, -0.05) is 29.8 Å². The Kier molecular flexibility index (Phi) is 14.9. The SMILES string of the molecule is CNCCN(C)CCOC/C=C/c1ccc(NC(=O)C2Cc3ccc(C(=O)NCC=O)cc3C2)nc1.Cc1cc(C)c(N)c(C=N)c1. The van der Waals surface area contributed by atoms with Gasteiger partial charge in [0.25, 0.3) is 5.91 Å². The lowest BCUT2D eigenvalue weighted by Crippen LogP contribution is -2.30. The number of nitrogen functional groups attached to an aromatic ring is 1. The molecule has 2 aromatic carbocycles. The van der Waals surface area contributed by atoms with Crippen molar-refractivity contribution in [3.8, 4) is 0 Å². The first-order valence-corrected chi connectivity index (χ1v) is 15.7. The molecule has 1 heterocycles. The number of hydrogen-bond acceptors (Lipinski definition) is 9. The van der Waals surface area contributed by atoms with Crippen molar-refractivity contribution in [3.05, 3.63) is 93.7 Å². The van der Waals surface area contributed by atoms with Gasteiger partial charge in [-0.2, -0.15) is 0 Å². The number of aldehydes is 1. The molecule has 47 heavy (non-hydrogen) atoms. The Morgan fingerprint density at radius 3 is 2.60 bits per heavy atom. The van der Waals surface area contributed by atoms with E-state index in [0.717, 1.165) is 53.0 Å². The van der Waals surface area contributed by atoms with Crippen molar-refractivity contribution in [1.29, 1.82) is 5.41 Å². The van der Waals surface area contributed by atoms with E-state index in [1.807, 2.05) is 57.3 Å². The molecular formula is C36H47N7O4. The van der Waals surface area contributed by atoms with Crippen LogP contribution in [0.1, 0.15) is 43.7 Å². The van der Waals surface area contributed by atoms with Crippen LogP contribution < -0.4 is 21.7 Å². The zero-order chi connectivity index (χ0) is 34.2. The van der Waals surface area contributed by atoms with Gasteiger partial charge in [-0.3, -0.25) is 9.59 Å². The molecule has 1 aromatic heterocycles. The topological polar surface area (TPSA) is 163 Å². The van der Waals surface area contributed by atoms with Crippen LogP contribution in [0.4, 0.5) is 11.5 Å². The highest BCUT2D eigenvalue weighted by atomic mass is 16.5. The number of nitrogens with zero attached hydrogens (tertiary/aromatic N) is 2. The second-order valence-corrected chi connectivity index (χ2v) is 11.5. The normalized spacial score (nSPS) is 13.5. The molecule has 0 saturated carbocycles. The summed E-state index contributed by atoms with van der Waals surface area (Å²) in [5.41, 5.74) is 12.9. The van der Waals surface area contributed by atoms with E-state index >= 15 is 0 Å². The lowest BCUT2D eigenvalue weighted by molar-refractivity contribution is -0.119. The number of rotatable bonds is 15. The van der Waals surface area contributed by atoms with Gasteiger partial charge in [0, 0.05) is 54.8 Å². The number of likely N-dealkylation sites (N-methyl/N-ethyl adjacent to an activating group) is 2. The van der Waals surface area contributed by atoms with E-state index in [-0.39, 0.29) is 24.3 Å². The maximum Gasteiger partial charge on any atom is 0.251 e. The third kappa shape index (κ3) is 11.9. The largest absolute Gasteiger partial charge is 0.398 e. The van der Waals surface area contributed by atoms with Crippen LogP contribution in [0.3, 0.4) is 0 Å². The molecule has 11 nitrogen and oxygen atoms in total. The molecule has 2 amide bonds. The summed E-state index contributed by atoms with van der Waals surface area (Å²) in [6.45, 7) is 7.96. The molecule has 1 unspecified atom stereocenters. The van der Waals surface area contributed by atoms with Gasteiger partial charge in [-0.25, -0.2) is 4.98 Å². The molecule has 0 fully saturated rings. The minimum absolute atomic E-state index is 0.0223. The summed E-state index contributed by atoms with van der Waals surface area (Å²) >= 11 is 0. The first-order valence-electron chi connectivity index (χ1n) is 15.7. The lowest BCUT2D eigenvalue weighted by atomic mass is 10.1. The van der Waals surface area contributed by atoms with Crippen molar-refractivity contribution in [2.45, 2.75) is 26.7 Å². The highest BCUT2D eigenvalue weighted by Crippen LogP contribution is 2.28. The number of carbonyl (C=O) groups is 3. The predicted molar refractivity (Wildman–Crippen MR) is 188 cm³/mol. The maximum atomic E-state index is 12.8. The number of carbonyl (C=O) groups excluding carboxylic acids is 3. The first-order chi connectivity index (χ1) is 22.6. The Morgan fingerprint density at radius 2 is 1.89 bits per heavy atom. The Labute approximate surface area is 277 Å². The summed E-state index contributed by atoms with van der Waals surface area (Å²) in [5, 5.41) is 15.6. The van der Waals surface area contributed by atoms with Gasteiger partial charge < -0.3 is 41.5 Å². The standard InChI is InChI=1S/C27H35N5O4.C9H12N2/c1-28-9-11-32(2)12-15-36-14-3-4-20-5-8-25(30-19-20)31-27(35)24-16-21-6-7-22(17-23(21)18-24)26(34)29-10-13-33;1-6-3-7(2)9(11)8(4-6)5-10/h3-8,13,17,19,24,28H,9-12,14-16,18H2,1-2H3,(H,29,34)(H,30,31,35);3-5,10H,11H2,1-2H3/b4-3+;. The van der Waals surface area contributed by atoms with E-state index in [9.17, 15) is 14.4 Å². The molecule has 0 aliphatic heterocycles. The molecule has 1 atom stereocenters. The second-order valence-electron chi connectivity index (χ2n) is 11.5. The number of anilines is 2. The quantitative estimate of drug-likeness (QED) is 0.0730. The summed E-state index contributed by atoms with van der Waals surface area (Å²) in [6.07, 6.45) is 8.71. The van der Waals surface area contributed by atoms with Crippen LogP contribution >= 0.6 is 0 Å². The van der Waals surface area contributed by atoms with Crippen LogP contribution in [-0.4, -0.2) is 87.7 Å². The minimum Gasteiger partial charge on any atom is -0.398 e. The van der Waals surface area contributed by atoms with E-state index in [0.29, 0.717) is 49.4 Å². The van der Waals surface area contributed by atoms with Crippen LogP contribution in [0.2, 0.25) is 0 Å². The van der Waals surface area contributed by atoms with Crippen molar-refractivity contribution in [3.63, 3.8) is 0 Å². The predicted octanol–water partition coefficient (Wildman–Crippen LogP) is 3.43. The number of nitrogens with two attached hydrogens (primary N) is 1. The van der Waals surface area contributed by atoms with Crippen LogP contribution in [0.25, 0.3) is 6.08 Å². The Hall–Kier alpha value is -4.71. The molecule has 3 aromatic rings. The highest BCUT2D eigenvalue weighted by molar-refractivity contribution is 5.96. The van der Waals surface area contributed by atoms with Crippen molar-refractivity contribution in [1.82, 2.24) is 20.5 Å². The van der Waals surface area contributed by atoms with Gasteiger partial charge >= 0.3 is 0 Å². The first kappa shape index (κ1) is 36.8. The van der Waals surface area contributed by atoms with Gasteiger partial charge in [0.2, 0.25) is 5.91 Å².